The van der Waals surface area contributed by atoms with Gasteiger partial charge in [0.1, 0.15) is 6.61 Å². The van der Waals surface area contributed by atoms with Crippen LogP contribution >= 0.6 is 0 Å². The van der Waals surface area contributed by atoms with E-state index in [4.69, 9.17) is 0 Å². The molecule has 0 aliphatic rings. The molecule has 0 aromatic heterocycles. The minimum Gasteiger partial charge on any atom is -0.505 e. The number of esters is 1. The van der Waals surface area contributed by atoms with Crippen LogP contribution in [0.25, 0.3) is 0 Å². The van der Waals surface area contributed by atoms with E-state index in [0.29, 0.717) is 0 Å². The molecule has 0 aliphatic carbocycles. The second-order valence-corrected chi connectivity index (χ2v) is 1.41. The molecule has 0 heterocycles. The van der Waals surface area contributed by atoms with Gasteiger partial charge in [0, 0.05) is 6.92 Å². The molecule has 0 aliphatic heterocycles. The van der Waals surface area contributed by atoms with E-state index in [1.165, 1.54) is 20.3 Å². The molecule has 0 N–H and O–H groups in total. The summed E-state index contributed by atoms with van der Waals surface area (Å²) in [6.07, 6.45) is 3.07. The number of ether oxygens (including phenoxy) is 2. The van der Waals surface area contributed by atoms with Gasteiger partial charge < -0.3 is 9.47 Å². The number of carbonyl (C=O) groups is 1. The smallest absolute Gasteiger partial charge is 0.302 e. The van der Waals surface area contributed by atoms with Crippen LogP contribution in [0.3, 0.4) is 0 Å². The SMILES string of the molecule is CO/C=C\COC(C)=O. The lowest BCUT2D eigenvalue weighted by Crippen LogP contribution is -1.97. The summed E-state index contributed by atoms with van der Waals surface area (Å²) >= 11 is 0. The summed E-state index contributed by atoms with van der Waals surface area (Å²) in [5.74, 6) is -0.282. The van der Waals surface area contributed by atoms with Crippen molar-refractivity contribution in [2.45, 2.75) is 6.92 Å². The van der Waals surface area contributed by atoms with Gasteiger partial charge in [-0.3, -0.25) is 4.79 Å². The van der Waals surface area contributed by atoms with Gasteiger partial charge in [-0.1, -0.05) is 0 Å². The van der Waals surface area contributed by atoms with Crippen LogP contribution in [0.5, 0.6) is 0 Å². The number of rotatable bonds is 3. The fourth-order valence-electron chi connectivity index (χ4n) is 0.301. The van der Waals surface area contributed by atoms with Crippen LogP contribution in [-0.4, -0.2) is 19.7 Å². The molecule has 0 saturated carbocycles. The molecule has 3 nitrogen and oxygen atoms in total. The van der Waals surface area contributed by atoms with E-state index >= 15 is 0 Å². The van der Waals surface area contributed by atoms with Gasteiger partial charge >= 0.3 is 5.97 Å². The van der Waals surface area contributed by atoms with Crippen molar-refractivity contribution >= 4 is 5.97 Å². The molecule has 0 bridgehead atoms. The average molecular weight is 130 g/mol. The van der Waals surface area contributed by atoms with E-state index in [2.05, 4.69) is 9.47 Å². The molecule has 0 aromatic rings. The van der Waals surface area contributed by atoms with Crippen molar-refractivity contribution in [3.05, 3.63) is 12.3 Å². The fourth-order valence-corrected chi connectivity index (χ4v) is 0.301. The molecule has 0 rings (SSSR count). The Morgan fingerprint density at radius 2 is 2.33 bits per heavy atom. The Kier molecular flexibility index (Phi) is 4.59. The van der Waals surface area contributed by atoms with Crippen molar-refractivity contribution < 1.29 is 14.3 Å². The van der Waals surface area contributed by atoms with Crippen LogP contribution in [-0.2, 0) is 14.3 Å². The van der Waals surface area contributed by atoms with E-state index in [9.17, 15) is 4.79 Å². The summed E-state index contributed by atoms with van der Waals surface area (Å²) in [6, 6.07) is 0. The van der Waals surface area contributed by atoms with Gasteiger partial charge in [-0.2, -0.15) is 0 Å². The first-order valence-electron chi connectivity index (χ1n) is 2.58. The Labute approximate surface area is 54.3 Å². The largest absolute Gasteiger partial charge is 0.505 e. The third-order valence-electron chi connectivity index (χ3n) is 0.615. The third-order valence-corrected chi connectivity index (χ3v) is 0.615. The molecular formula is C6H10O3. The van der Waals surface area contributed by atoms with E-state index in [1.54, 1.807) is 6.08 Å². The van der Waals surface area contributed by atoms with Crippen LogP contribution in [0.15, 0.2) is 12.3 Å². The van der Waals surface area contributed by atoms with Crippen LogP contribution in [0.4, 0.5) is 0 Å². The highest BCUT2D eigenvalue weighted by molar-refractivity contribution is 5.65. The Morgan fingerprint density at radius 1 is 1.67 bits per heavy atom. The maximum Gasteiger partial charge on any atom is 0.302 e. The Bertz CT molecular complexity index is 107. The topological polar surface area (TPSA) is 35.5 Å². The summed E-state index contributed by atoms with van der Waals surface area (Å²) in [4.78, 5) is 10.1. The predicted octanol–water partition coefficient (Wildman–Crippen LogP) is 0.710. The molecule has 0 saturated heterocycles. The van der Waals surface area contributed by atoms with Gasteiger partial charge in [0.05, 0.1) is 13.4 Å². The first-order valence-corrected chi connectivity index (χ1v) is 2.58. The van der Waals surface area contributed by atoms with Crippen molar-refractivity contribution in [1.82, 2.24) is 0 Å². The van der Waals surface area contributed by atoms with E-state index < -0.39 is 0 Å². The zero-order valence-corrected chi connectivity index (χ0v) is 5.59. The van der Waals surface area contributed by atoms with Gasteiger partial charge in [-0.25, -0.2) is 0 Å². The van der Waals surface area contributed by atoms with Gasteiger partial charge in [0.25, 0.3) is 0 Å². The first kappa shape index (κ1) is 8.01. The van der Waals surface area contributed by atoms with E-state index in [0.717, 1.165) is 0 Å². The van der Waals surface area contributed by atoms with Gasteiger partial charge in [0.15, 0.2) is 0 Å². The summed E-state index contributed by atoms with van der Waals surface area (Å²) in [5, 5.41) is 0. The lowest BCUT2D eigenvalue weighted by molar-refractivity contribution is -0.139. The Hall–Kier alpha value is -0.990. The zero-order valence-electron chi connectivity index (χ0n) is 5.59. The van der Waals surface area contributed by atoms with Crippen LogP contribution in [0.2, 0.25) is 0 Å². The molecule has 0 aromatic carbocycles. The molecule has 9 heavy (non-hydrogen) atoms. The van der Waals surface area contributed by atoms with Crippen molar-refractivity contribution in [2.24, 2.45) is 0 Å². The highest BCUT2D eigenvalue weighted by Gasteiger charge is 1.85. The Balaban J connectivity index is 3.09. The maximum absolute atomic E-state index is 10.1. The fraction of sp³-hybridized carbons (Fsp3) is 0.500. The zero-order chi connectivity index (χ0) is 7.11. The summed E-state index contributed by atoms with van der Waals surface area (Å²) in [7, 11) is 1.53. The van der Waals surface area contributed by atoms with Gasteiger partial charge in [0.2, 0.25) is 0 Å². The van der Waals surface area contributed by atoms with Gasteiger partial charge in [-0.15, -0.1) is 0 Å². The van der Waals surface area contributed by atoms with E-state index in [-0.39, 0.29) is 12.6 Å². The Morgan fingerprint density at radius 3 is 2.78 bits per heavy atom. The molecular weight excluding hydrogens is 120 g/mol. The standard InChI is InChI=1S/C6H10O3/c1-6(7)9-5-3-4-8-2/h3-4H,5H2,1-2H3/b4-3-. The van der Waals surface area contributed by atoms with Gasteiger partial charge in [-0.05, 0) is 6.08 Å². The second-order valence-electron chi connectivity index (χ2n) is 1.41. The number of carbonyl (C=O) groups excluding carboxylic acids is 1. The molecule has 3 heteroatoms. The lowest BCUT2D eigenvalue weighted by Gasteiger charge is -1.93. The highest BCUT2D eigenvalue weighted by atomic mass is 16.5. The minimum absolute atomic E-state index is 0.281. The van der Waals surface area contributed by atoms with E-state index in [1.807, 2.05) is 0 Å². The van der Waals surface area contributed by atoms with Crippen LogP contribution in [0.1, 0.15) is 6.92 Å². The monoisotopic (exact) mass is 130 g/mol. The molecule has 52 valence electrons. The van der Waals surface area contributed by atoms with Crippen molar-refractivity contribution in [3.8, 4) is 0 Å². The van der Waals surface area contributed by atoms with Crippen LogP contribution < -0.4 is 0 Å². The first-order chi connectivity index (χ1) is 4.27. The molecule has 0 spiro atoms. The van der Waals surface area contributed by atoms with Crippen molar-refractivity contribution in [1.29, 1.82) is 0 Å². The number of methoxy groups -OCH3 is 1. The van der Waals surface area contributed by atoms with Crippen molar-refractivity contribution in [3.63, 3.8) is 0 Å². The lowest BCUT2D eigenvalue weighted by atomic mass is 10.6. The molecule has 0 fully saturated rings. The van der Waals surface area contributed by atoms with Crippen molar-refractivity contribution in [2.75, 3.05) is 13.7 Å². The molecule has 0 radical (unpaired) electrons. The predicted molar refractivity (Wildman–Crippen MR) is 32.8 cm³/mol. The molecule has 0 atom stereocenters. The van der Waals surface area contributed by atoms with Crippen LogP contribution in [0, 0.1) is 0 Å². The molecule has 0 unspecified atom stereocenters. The second kappa shape index (κ2) is 5.15. The maximum atomic E-state index is 10.1. The number of hydrogen-bond donors (Lipinski definition) is 0. The summed E-state index contributed by atoms with van der Waals surface area (Å²) in [6.45, 7) is 1.64. The quantitative estimate of drug-likeness (QED) is 0.417. The summed E-state index contributed by atoms with van der Waals surface area (Å²) in [5.41, 5.74) is 0. The third kappa shape index (κ3) is 7.01. The normalized spacial score (nSPS) is 9.56. The average Bonchev–Trinajstić information content (AvgIpc) is 1.80. The minimum atomic E-state index is -0.282. The molecule has 0 amide bonds. The summed E-state index contributed by atoms with van der Waals surface area (Å²) < 4.78 is 9.09. The highest BCUT2D eigenvalue weighted by Crippen LogP contribution is 1.78. The number of hydrogen-bond acceptors (Lipinski definition) is 3.